The van der Waals surface area contributed by atoms with Crippen LogP contribution in [0.3, 0.4) is 0 Å². The average molecular weight is 456 g/mol. The maximum absolute atomic E-state index is 13.1. The van der Waals surface area contributed by atoms with E-state index in [0.717, 1.165) is 16.9 Å². The molecule has 8 heteroatoms. The molecule has 1 saturated heterocycles. The predicted molar refractivity (Wildman–Crippen MR) is 121 cm³/mol. The van der Waals surface area contributed by atoms with Gasteiger partial charge in [-0.1, -0.05) is 24.3 Å². The van der Waals surface area contributed by atoms with Gasteiger partial charge in [-0.3, -0.25) is 0 Å². The molecule has 1 aliphatic heterocycles. The summed E-state index contributed by atoms with van der Waals surface area (Å²) in [5, 5.41) is 0. The lowest BCUT2D eigenvalue weighted by Crippen LogP contribution is -2.41. The zero-order valence-electron chi connectivity index (χ0n) is 18.0. The monoisotopic (exact) mass is 455 g/mol. The summed E-state index contributed by atoms with van der Waals surface area (Å²) in [6.45, 7) is 2.39. The van der Waals surface area contributed by atoms with Crippen LogP contribution >= 0.6 is 0 Å². The van der Waals surface area contributed by atoms with Gasteiger partial charge in [0.05, 0.1) is 18.1 Å². The third kappa shape index (κ3) is 4.87. The van der Waals surface area contributed by atoms with E-state index in [1.54, 1.807) is 32.2 Å². The van der Waals surface area contributed by atoms with Crippen LogP contribution in [-0.2, 0) is 10.0 Å². The molecule has 0 bridgehead atoms. The van der Waals surface area contributed by atoms with Gasteiger partial charge in [-0.25, -0.2) is 13.2 Å². The lowest BCUT2D eigenvalue weighted by molar-refractivity contribution is 0.134. The minimum Gasteiger partial charge on any atom is -0.497 e. The summed E-state index contributed by atoms with van der Waals surface area (Å²) < 4.78 is 43.6. The van der Waals surface area contributed by atoms with Gasteiger partial charge < -0.3 is 13.9 Å². The molecule has 0 unspecified atom stereocenters. The number of hydrogen-bond acceptors (Lipinski definition) is 6. The molecule has 0 spiro atoms. The minimum absolute atomic E-state index is 0.153. The second-order valence-corrected chi connectivity index (χ2v) is 9.63. The zero-order chi connectivity index (χ0) is 22.7. The van der Waals surface area contributed by atoms with Gasteiger partial charge in [0.25, 0.3) is 0 Å². The van der Waals surface area contributed by atoms with E-state index in [1.165, 1.54) is 10.4 Å². The number of nitrogens with zero attached hydrogens (tertiary/aromatic N) is 1. The number of benzene rings is 2. The second-order valence-electron chi connectivity index (χ2n) is 7.70. The molecule has 2 aromatic carbocycles. The molecule has 1 fully saturated rings. The summed E-state index contributed by atoms with van der Waals surface area (Å²) in [6, 6.07) is 17.5. The van der Waals surface area contributed by atoms with Gasteiger partial charge in [0.15, 0.2) is 0 Å². The van der Waals surface area contributed by atoms with E-state index < -0.39 is 15.6 Å². The number of sulfonamides is 1. The first-order valence-corrected chi connectivity index (χ1v) is 11.8. The van der Waals surface area contributed by atoms with Gasteiger partial charge in [0, 0.05) is 19.2 Å². The van der Waals surface area contributed by atoms with Crippen molar-refractivity contribution in [3.8, 4) is 22.6 Å². The number of piperidine rings is 1. The number of rotatable bonds is 6. The van der Waals surface area contributed by atoms with E-state index in [-0.39, 0.29) is 11.0 Å². The van der Waals surface area contributed by atoms with Crippen molar-refractivity contribution in [2.45, 2.75) is 30.8 Å². The number of ether oxygens (including phenoxy) is 2. The van der Waals surface area contributed by atoms with Crippen molar-refractivity contribution >= 4 is 10.0 Å². The fourth-order valence-electron chi connectivity index (χ4n) is 3.78. The van der Waals surface area contributed by atoms with Gasteiger partial charge in [-0.05, 0) is 55.2 Å². The molecular weight excluding hydrogens is 430 g/mol. The summed E-state index contributed by atoms with van der Waals surface area (Å²) in [5.74, 6) is 1.70. The Labute approximate surface area is 187 Å². The Morgan fingerprint density at radius 2 is 1.50 bits per heavy atom. The van der Waals surface area contributed by atoms with Gasteiger partial charge in [0.1, 0.15) is 23.4 Å². The van der Waals surface area contributed by atoms with E-state index in [2.05, 4.69) is 0 Å². The lowest BCUT2D eigenvalue weighted by atomic mass is 10.1. The molecular formula is C24H25NO6S. The first-order chi connectivity index (χ1) is 15.3. The van der Waals surface area contributed by atoms with Crippen LogP contribution in [0.4, 0.5) is 0 Å². The summed E-state index contributed by atoms with van der Waals surface area (Å²) in [5.41, 5.74) is 1.46. The van der Waals surface area contributed by atoms with Crippen LogP contribution in [-0.4, -0.2) is 39.0 Å². The summed E-state index contributed by atoms with van der Waals surface area (Å²) in [4.78, 5) is 11.8. The highest BCUT2D eigenvalue weighted by Gasteiger charge is 2.30. The van der Waals surface area contributed by atoms with Crippen molar-refractivity contribution in [2.24, 2.45) is 0 Å². The quantitative estimate of drug-likeness (QED) is 0.561. The molecule has 32 heavy (non-hydrogen) atoms. The highest BCUT2D eigenvalue weighted by Crippen LogP contribution is 2.27. The first-order valence-electron chi connectivity index (χ1n) is 10.4. The van der Waals surface area contributed by atoms with Crippen molar-refractivity contribution in [2.75, 3.05) is 20.2 Å². The van der Waals surface area contributed by atoms with Gasteiger partial charge in [-0.2, -0.15) is 4.31 Å². The molecule has 0 N–H and O–H groups in total. The molecule has 0 saturated carbocycles. The number of methoxy groups -OCH3 is 1. The van der Waals surface area contributed by atoms with Crippen molar-refractivity contribution in [3.63, 3.8) is 0 Å². The molecule has 0 amide bonds. The summed E-state index contributed by atoms with van der Waals surface area (Å²) in [6.07, 6.45) is 0.935. The van der Waals surface area contributed by atoms with Crippen LogP contribution < -0.4 is 15.1 Å². The Morgan fingerprint density at radius 1 is 0.906 bits per heavy atom. The molecule has 0 atom stereocenters. The number of aryl methyl sites for hydroxylation is 1. The molecule has 3 aromatic rings. The third-order valence-electron chi connectivity index (χ3n) is 5.49. The molecule has 0 aliphatic carbocycles. The van der Waals surface area contributed by atoms with Crippen molar-refractivity contribution in [1.29, 1.82) is 0 Å². The Balaban J connectivity index is 1.41. The van der Waals surface area contributed by atoms with Crippen molar-refractivity contribution in [1.82, 2.24) is 4.31 Å². The fraction of sp³-hybridized carbons (Fsp3) is 0.292. The van der Waals surface area contributed by atoms with Crippen LogP contribution in [0.25, 0.3) is 11.1 Å². The van der Waals surface area contributed by atoms with Crippen LogP contribution in [0, 0.1) is 6.92 Å². The smallest absolute Gasteiger partial charge is 0.339 e. The first kappa shape index (κ1) is 22.1. The van der Waals surface area contributed by atoms with Crippen molar-refractivity contribution < 1.29 is 22.3 Å². The maximum Gasteiger partial charge on any atom is 0.339 e. The Morgan fingerprint density at radius 3 is 2.06 bits per heavy atom. The normalized spacial score (nSPS) is 15.4. The summed E-state index contributed by atoms with van der Waals surface area (Å²) in [7, 11) is -1.97. The zero-order valence-corrected chi connectivity index (χ0v) is 18.8. The third-order valence-corrected chi connectivity index (χ3v) is 7.40. The van der Waals surface area contributed by atoms with Gasteiger partial charge >= 0.3 is 5.63 Å². The fourth-order valence-corrected chi connectivity index (χ4v) is 5.25. The molecule has 7 nitrogen and oxygen atoms in total. The molecule has 168 valence electrons. The Kier molecular flexibility index (Phi) is 6.34. The van der Waals surface area contributed by atoms with Crippen LogP contribution in [0.15, 0.2) is 74.8 Å². The molecule has 4 rings (SSSR count). The lowest BCUT2D eigenvalue weighted by Gasteiger charge is -2.31. The van der Waals surface area contributed by atoms with Crippen LogP contribution in [0.2, 0.25) is 0 Å². The largest absolute Gasteiger partial charge is 0.497 e. The van der Waals surface area contributed by atoms with E-state index >= 15 is 0 Å². The molecule has 2 heterocycles. The highest BCUT2D eigenvalue weighted by molar-refractivity contribution is 7.89. The highest BCUT2D eigenvalue weighted by atomic mass is 32.2. The second kappa shape index (κ2) is 9.18. The van der Waals surface area contributed by atoms with E-state index in [0.29, 0.717) is 37.4 Å². The van der Waals surface area contributed by atoms with E-state index in [1.807, 2.05) is 36.4 Å². The average Bonchev–Trinajstić information content (AvgIpc) is 2.79. The van der Waals surface area contributed by atoms with Gasteiger partial charge in [-0.15, -0.1) is 0 Å². The minimum atomic E-state index is -3.59. The predicted octanol–water partition coefficient (Wildman–Crippen LogP) is 3.86. The summed E-state index contributed by atoms with van der Waals surface area (Å²) >= 11 is 0. The Hall–Kier alpha value is -3.10. The van der Waals surface area contributed by atoms with Crippen LogP contribution in [0.1, 0.15) is 18.6 Å². The van der Waals surface area contributed by atoms with Gasteiger partial charge in [0.2, 0.25) is 10.0 Å². The van der Waals surface area contributed by atoms with E-state index in [9.17, 15) is 13.2 Å². The standard InChI is InChI=1S/C24H25NO6S/c1-17-15-22(16-24(26)30-17)31-21-11-13-25(14-12-21)32(27,28)23-9-5-19(6-10-23)18-3-7-20(29-2)8-4-18/h3-10,15-16,21H,11-14H2,1-2H3. The molecule has 1 aliphatic rings. The Bertz CT molecular complexity index is 1220. The SMILES string of the molecule is COc1ccc(-c2ccc(S(=O)(=O)N3CCC(Oc4cc(C)oc(=O)c4)CC3)cc2)cc1. The maximum atomic E-state index is 13.1. The van der Waals surface area contributed by atoms with Crippen molar-refractivity contribution in [3.05, 3.63) is 76.8 Å². The molecule has 1 aromatic heterocycles. The van der Waals surface area contributed by atoms with Crippen LogP contribution in [0.5, 0.6) is 11.5 Å². The van der Waals surface area contributed by atoms with E-state index in [4.69, 9.17) is 13.9 Å². The number of hydrogen-bond donors (Lipinski definition) is 0. The molecule has 0 radical (unpaired) electrons. The topological polar surface area (TPSA) is 86.1 Å².